The normalized spacial score (nSPS) is 25.4. The standard InChI is InChI=1S/C16H28F3N/c1-4-10-20-15(11-12(3)5-2)13-6-8-14(9-7-13)16(17,18)19/h13-15,20H,3-11H2,1-2H3. The Balaban J connectivity index is 2.53. The summed E-state index contributed by atoms with van der Waals surface area (Å²) in [5.74, 6) is -0.719. The molecule has 0 aromatic heterocycles. The first-order valence-electron chi connectivity index (χ1n) is 7.85. The van der Waals surface area contributed by atoms with Crippen molar-refractivity contribution in [3.05, 3.63) is 12.2 Å². The lowest BCUT2D eigenvalue weighted by molar-refractivity contribution is -0.184. The quantitative estimate of drug-likeness (QED) is 0.645. The van der Waals surface area contributed by atoms with Crippen molar-refractivity contribution in [2.24, 2.45) is 11.8 Å². The Bertz CT molecular complexity index is 291. The average Bonchev–Trinajstić information content (AvgIpc) is 2.42. The second-order valence-corrected chi connectivity index (χ2v) is 6.02. The largest absolute Gasteiger partial charge is 0.391 e. The molecule has 0 aliphatic heterocycles. The molecule has 0 amide bonds. The summed E-state index contributed by atoms with van der Waals surface area (Å²) in [5, 5.41) is 3.52. The van der Waals surface area contributed by atoms with Gasteiger partial charge < -0.3 is 5.32 Å². The first-order valence-corrected chi connectivity index (χ1v) is 7.85. The molecule has 0 bridgehead atoms. The van der Waals surface area contributed by atoms with Crippen molar-refractivity contribution >= 4 is 0 Å². The minimum atomic E-state index is -4.01. The predicted octanol–water partition coefficient (Wildman–Crippen LogP) is 5.08. The second-order valence-electron chi connectivity index (χ2n) is 6.02. The van der Waals surface area contributed by atoms with Crippen LogP contribution in [-0.2, 0) is 0 Å². The zero-order chi connectivity index (χ0) is 15.2. The summed E-state index contributed by atoms with van der Waals surface area (Å²) in [4.78, 5) is 0. The van der Waals surface area contributed by atoms with Crippen LogP contribution in [0.2, 0.25) is 0 Å². The van der Waals surface area contributed by atoms with Gasteiger partial charge in [0.2, 0.25) is 0 Å². The Morgan fingerprint density at radius 3 is 2.25 bits per heavy atom. The maximum Gasteiger partial charge on any atom is 0.391 e. The van der Waals surface area contributed by atoms with E-state index in [1.807, 2.05) is 0 Å². The molecule has 118 valence electrons. The number of hydrogen-bond donors (Lipinski definition) is 1. The maximum absolute atomic E-state index is 12.7. The molecule has 1 fully saturated rings. The van der Waals surface area contributed by atoms with Gasteiger partial charge in [-0.2, -0.15) is 13.2 Å². The zero-order valence-corrected chi connectivity index (χ0v) is 12.7. The van der Waals surface area contributed by atoms with Crippen LogP contribution >= 0.6 is 0 Å². The van der Waals surface area contributed by atoms with Crippen molar-refractivity contribution in [1.29, 1.82) is 0 Å². The smallest absolute Gasteiger partial charge is 0.313 e. The van der Waals surface area contributed by atoms with Crippen LogP contribution < -0.4 is 5.32 Å². The predicted molar refractivity (Wildman–Crippen MR) is 77.6 cm³/mol. The van der Waals surface area contributed by atoms with E-state index in [4.69, 9.17) is 0 Å². The molecule has 20 heavy (non-hydrogen) atoms. The number of hydrogen-bond acceptors (Lipinski definition) is 1. The van der Waals surface area contributed by atoms with Crippen molar-refractivity contribution < 1.29 is 13.2 Å². The summed E-state index contributed by atoms with van der Waals surface area (Å²) in [5.41, 5.74) is 1.19. The Labute approximate surface area is 121 Å². The molecule has 0 aromatic rings. The molecule has 0 saturated heterocycles. The third-order valence-corrected chi connectivity index (χ3v) is 4.47. The minimum absolute atomic E-state index is 0.289. The van der Waals surface area contributed by atoms with E-state index < -0.39 is 12.1 Å². The molecule has 1 aliphatic rings. The Morgan fingerprint density at radius 1 is 1.20 bits per heavy atom. The highest BCUT2D eigenvalue weighted by atomic mass is 19.4. The fourth-order valence-corrected chi connectivity index (χ4v) is 3.04. The van der Waals surface area contributed by atoms with E-state index in [0.29, 0.717) is 24.8 Å². The van der Waals surface area contributed by atoms with Crippen molar-refractivity contribution in [2.75, 3.05) is 6.54 Å². The van der Waals surface area contributed by atoms with Crippen LogP contribution in [0.15, 0.2) is 12.2 Å². The molecular weight excluding hydrogens is 263 g/mol. The van der Waals surface area contributed by atoms with Gasteiger partial charge in [0.05, 0.1) is 5.92 Å². The number of rotatable bonds is 7. The number of halogens is 3. The van der Waals surface area contributed by atoms with Gasteiger partial charge in [0, 0.05) is 6.04 Å². The third kappa shape index (κ3) is 5.47. The van der Waals surface area contributed by atoms with Crippen molar-refractivity contribution in [2.45, 2.75) is 71.0 Å². The summed E-state index contributed by atoms with van der Waals surface area (Å²) in [6.45, 7) is 9.17. The van der Waals surface area contributed by atoms with Crippen LogP contribution in [0.4, 0.5) is 13.2 Å². The molecule has 1 saturated carbocycles. The van der Waals surface area contributed by atoms with E-state index in [-0.39, 0.29) is 12.8 Å². The molecule has 1 rings (SSSR count). The van der Waals surface area contributed by atoms with Crippen molar-refractivity contribution in [3.8, 4) is 0 Å². The highest BCUT2D eigenvalue weighted by molar-refractivity contribution is 4.99. The minimum Gasteiger partial charge on any atom is -0.313 e. The van der Waals surface area contributed by atoms with Crippen LogP contribution in [0, 0.1) is 11.8 Å². The molecule has 0 radical (unpaired) electrons. The first-order chi connectivity index (χ1) is 9.38. The molecule has 1 aliphatic carbocycles. The Kier molecular flexibility index (Phi) is 7.07. The second kappa shape index (κ2) is 8.06. The summed E-state index contributed by atoms with van der Waals surface area (Å²) >= 11 is 0. The van der Waals surface area contributed by atoms with Gasteiger partial charge in [0.15, 0.2) is 0 Å². The van der Waals surface area contributed by atoms with Gasteiger partial charge in [0.1, 0.15) is 0 Å². The first kappa shape index (κ1) is 17.5. The summed E-state index contributed by atoms with van der Waals surface area (Å²) < 4.78 is 38.1. The van der Waals surface area contributed by atoms with E-state index >= 15 is 0 Å². The lowest BCUT2D eigenvalue weighted by Gasteiger charge is -2.35. The van der Waals surface area contributed by atoms with Crippen LogP contribution in [0.5, 0.6) is 0 Å². The van der Waals surface area contributed by atoms with Gasteiger partial charge in [-0.25, -0.2) is 0 Å². The molecule has 1 unspecified atom stereocenters. The van der Waals surface area contributed by atoms with Gasteiger partial charge in [-0.05, 0) is 57.4 Å². The van der Waals surface area contributed by atoms with Gasteiger partial charge >= 0.3 is 6.18 Å². The van der Waals surface area contributed by atoms with Gasteiger partial charge in [-0.3, -0.25) is 0 Å². The van der Waals surface area contributed by atoms with Crippen LogP contribution in [0.1, 0.15) is 58.8 Å². The highest BCUT2D eigenvalue weighted by Gasteiger charge is 2.42. The van der Waals surface area contributed by atoms with E-state index in [1.54, 1.807) is 0 Å². The Hall–Kier alpha value is -0.510. The SMILES string of the molecule is C=C(CC)CC(NCCC)C1CCC(C(F)(F)F)CC1. The molecule has 1 atom stereocenters. The maximum atomic E-state index is 12.7. The highest BCUT2D eigenvalue weighted by Crippen LogP contribution is 2.41. The van der Waals surface area contributed by atoms with E-state index in [0.717, 1.165) is 25.8 Å². The summed E-state index contributed by atoms with van der Waals surface area (Å²) in [6, 6.07) is 0.302. The average molecular weight is 291 g/mol. The number of alkyl halides is 3. The summed E-state index contributed by atoms with van der Waals surface area (Å²) in [7, 11) is 0. The molecule has 0 aromatic carbocycles. The summed E-state index contributed by atoms with van der Waals surface area (Å²) in [6.07, 6.45) is 0.830. The lowest BCUT2D eigenvalue weighted by atomic mass is 9.76. The van der Waals surface area contributed by atoms with Crippen LogP contribution in [0.25, 0.3) is 0 Å². The molecular formula is C16H28F3N. The Morgan fingerprint density at radius 2 is 1.80 bits per heavy atom. The van der Waals surface area contributed by atoms with Gasteiger partial charge in [-0.15, -0.1) is 0 Å². The molecule has 1 N–H and O–H groups in total. The van der Waals surface area contributed by atoms with E-state index in [9.17, 15) is 13.2 Å². The third-order valence-electron chi connectivity index (χ3n) is 4.47. The fourth-order valence-electron chi connectivity index (χ4n) is 3.04. The molecule has 4 heteroatoms. The van der Waals surface area contributed by atoms with Crippen molar-refractivity contribution in [3.63, 3.8) is 0 Å². The topological polar surface area (TPSA) is 12.0 Å². The van der Waals surface area contributed by atoms with Gasteiger partial charge in [0.25, 0.3) is 0 Å². The van der Waals surface area contributed by atoms with E-state index in [1.165, 1.54) is 5.57 Å². The zero-order valence-electron chi connectivity index (χ0n) is 12.7. The van der Waals surface area contributed by atoms with E-state index in [2.05, 4.69) is 25.7 Å². The van der Waals surface area contributed by atoms with Crippen LogP contribution in [-0.4, -0.2) is 18.8 Å². The van der Waals surface area contributed by atoms with Crippen molar-refractivity contribution in [1.82, 2.24) is 5.32 Å². The fraction of sp³-hybridized carbons (Fsp3) is 0.875. The molecule has 1 nitrogen and oxygen atoms in total. The molecule has 0 spiro atoms. The van der Waals surface area contributed by atoms with Crippen LogP contribution in [0.3, 0.4) is 0 Å². The monoisotopic (exact) mass is 291 g/mol. The molecule has 0 heterocycles. The lowest BCUT2D eigenvalue weighted by Crippen LogP contribution is -2.40. The van der Waals surface area contributed by atoms with Gasteiger partial charge in [-0.1, -0.05) is 26.0 Å². The number of nitrogens with one attached hydrogen (secondary N) is 1.